The molecule has 0 spiro atoms. The van der Waals surface area contributed by atoms with E-state index in [1.807, 2.05) is 0 Å². The highest BCUT2D eigenvalue weighted by atomic mass is 16.5. The molecule has 1 aliphatic heterocycles. The maximum absolute atomic E-state index is 14.0. The molecule has 2 atom stereocenters. The summed E-state index contributed by atoms with van der Waals surface area (Å²) in [5.41, 5.74) is 3.95. The number of nitrogens with one attached hydrogen (secondary N) is 1. The molecule has 2 unspecified atom stereocenters. The molecular formula is C28H40N2O2. The van der Waals surface area contributed by atoms with Gasteiger partial charge in [-0.3, -0.25) is 4.79 Å². The van der Waals surface area contributed by atoms with E-state index in [9.17, 15) is 4.79 Å². The van der Waals surface area contributed by atoms with Gasteiger partial charge in [0.15, 0.2) is 5.76 Å². The number of ether oxygens (including phenoxy) is 1. The van der Waals surface area contributed by atoms with Crippen LogP contribution in [0.15, 0.2) is 47.9 Å². The topological polar surface area (TPSA) is 41.6 Å². The number of carbonyl (C=O) groups is 1. The van der Waals surface area contributed by atoms with Gasteiger partial charge in [-0.05, 0) is 61.6 Å². The average molecular weight is 437 g/mol. The summed E-state index contributed by atoms with van der Waals surface area (Å²) < 4.78 is 6.41. The Morgan fingerprint density at radius 1 is 1.19 bits per heavy atom. The molecule has 1 N–H and O–H groups in total. The van der Waals surface area contributed by atoms with Crippen LogP contribution in [0.4, 0.5) is 0 Å². The summed E-state index contributed by atoms with van der Waals surface area (Å²) in [7, 11) is 0. The molecule has 0 amide bonds. The zero-order chi connectivity index (χ0) is 22.6. The van der Waals surface area contributed by atoms with Gasteiger partial charge in [0.1, 0.15) is 0 Å². The Balaban J connectivity index is 1.58. The lowest BCUT2D eigenvalue weighted by atomic mass is 9.81. The molecule has 32 heavy (non-hydrogen) atoms. The van der Waals surface area contributed by atoms with E-state index < -0.39 is 0 Å². The number of ketones is 1. The predicted octanol–water partition coefficient (Wildman–Crippen LogP) is 4.90. The number of allylic oxidation sites excluding steroid dienone is 3. The Labute approximate surface area is 194 Å². The smallest absolute Gasteiger partial charge is 0.202 e. The van der Waals surface area contributed by atoms with E-state index in [0.717, 1.165) is 57.6 Å². The van der Waals surface area contributed by atoms with Crippen LogP contribution in [0.1, 0.15) is 57.6 Å². The monoisotopic (exact) mass is 436 g/mol. The molecule has 1 saturated carbocycles. The molecule has 2 fully saturated rings. The van der Waals surface area contributed by atoms with Gasteiger partial charge in [-0.15, -0.1) is 0 Å². The summed E-state index contributed by atoms with van der Waals surface area (Å²) in [6.07, 6.45) is 10.6. The molecule has 2 aliphatic carbocycles. The molecule has 0 radical (unpaired) electrons. The van der Waals surface area contributed by atoms with Crippen molar-refractivity contribution >= 4 is 5.78 Å². The number of carbonyl (C=O) groups excluding carboxylic acids is 1. The third kappa shape index (κ3) is 5.64. The van der Waals surface area contributed by atoms with Crippen molar-refractivity contribution in [3.8, 4) is 0 Å². The zero-order valence-corrected chi connectivity index (χ0v) is 20.2. The number of piperazine rings is 1. The summed E-state index contributed by atoms with van der Waals surface area (Å²) in [6.45, 7) is 11.1. The molecule has 1 aromatic rings. The number of Topliss-reactive ketones (excluding diaryl/α,β-unsaturated/α-hetero) is 1. The summed E-state index contributed by atoms with van der Waals surface area (Å²) in [6, 6.07) is 8.83. The van der Waals surface area contributed by atoms with Crippen molar-refractivity contribution in [1.29, 1.82) is 0 Å². The van der Waals surface area contributed by atoms with Crippen molar-refractivity contribution in [3.63, 3.8) is 0 Å². The van der Waals surface area contributed by atoms with Crippen molar-refractivity contribution in [1.82, 2.24) is 10.2 Å². The van der Waals surface area contributed by atoms with Gasteiger partial charge < -0.3 is 15.0 Å². The maximum atomic E-state index is 14.0. The second-order valence-electron chi connectivity index (χ2n) is 10.3. The summed E-state index contributed by atoms with van der Waals surface area (Å²) in [4.78, 5) is 16.3. The third-order valence-electron chi connectivity index (χ3n) is 7.53. The molecule has 3 aliphatic rings. The fourth-order valence-electron chi connectivity index (χ4n) is 4.83. The standard InChI is InChI=1S/C28H40N2O2/c1-4-22-8-6-9-23(19-22)11-12-24-21(2)7-5-10-25(30-17-15-29-16-18-30)27(26(24)31)32-20-28(3)13-14-28/h5-6,8-10,19,21,24,29H,4,7,11-18,20H2,1-3H3/b10-5+,27-25-. The van der Waals surface area contributed by atoms with E-state index in [-0.39, 0.29) is 17.1 Å². The molecule has 4 rings (SSSR count). The van der Waals surface area contributed by atoms with Crippen LogP contribution in [0, 0.1) is 17.3 Å². The lowest BCUT2D eigenvalue weighted by Crippen LogP contribution is -2.44. The Hall–Kier alpha value is -2.07. The summed E-state index contributed by atoms with van der Waals surface area (Å²) in [5, 5.41) is 3.42. The molecule has 0 bridgehead atoms. The highest BCUT2D eigenvalue weighted by molar-refractivity contribution is 5.96. The van der Waals surface area contributed by atoms with Crippen LogP contribution in [0.5, 0.6) is 0 Å². The first-order valence-electron chi connectivity index (χ1n) is 12.6. The normalized spacial score (nSPS) is 28.7. The fraction of sp³-hybridized carbons (Fsp3) is 0.607. The number of benzene rings is 1. The van der Waals surface area contributed by atoms with Gasteiger partial charge in [0.2, 0.25) is 5.78 Å². The van der Waals surface area contributed by atoms with Crippen LogP contribution >= 0.6 is 0 Å². The van der Waals surface area contributed by atoms with E-state index in [2.05, 4.69) is 67.4 Å². The molecule has 174 valence electrons. The third-order valence-corrected chi connectivity index (χ3v) is 7.53. The molecule has 4 heteroatoms. The van der Waals surface area contributed by atoms with Crippen molar-refractivity contribution in [3.05, 3.63) is 59.0 Å². The second kappa shape index (κ2) is 10.2. The van der Waals surface area contributed by atoms with Crippen molar-refractivity contribution in [2.45, 2.75) is 59.3 Å². The first-order chi connectivity index (χ1) is 15.5. The number of hydrogen-bond acceptors (Lipinski definition) is 4. The summed E-state index contributed by atoms with van der Waals surface area (Å²) >= 11 is 0. The van der Waals surface area contributed by atoms with E-state index in [1.54, 1.807) is 0 Å². The van der Waals surface area contributed by atoms with Gasteiger partial charge in [0.25, 0.3) is 0 Å². The summed E-state index contributed by atoms with van der Waals surface area (Å²) in [5.74, 6) is 1.14. The molecule has 1 saturated heterocycles. The molecule has 0 aromatic heterocycles. The van der Waals surface area contributed by atoms with Crippen LogP contribution in [-0.4, -0.2) is 43.5 Å². The number of rotatable bonds is 8. The Kier molecular flexibility index (Phi) is 7.40. The van der Waals surface area contributed by atoms with Crippen LogP contribution in [0.3, 0.4) is 0 Å². The first-order valence-corrected chi connectivity index (χ1v) is 12.6. The highest BCUT2D eigenvalue weighted by Gasteiger charge is 2.40. The second-order valence-corrected chi connectivity index (χ2v) is 10.3. The number of aryl methyl sites for hydroxylation is 2. The Morgan fingerprint density at radius 2 is 1.94 bits per heavy atom. The minimum absolute atomic E-state index is 0.00911. The van der Waals surface area contributed by atoms with Crippen LogP contribution in [-0.2, 0) is 22.4 Å². The van der Waals surface area contributed by atoms with Crippen LogP contribution < -0.4 is 5.32 Å². The molecular weight excluding hydrogens is 396 g/mol. The first kappa shape index (κ1) is 23.1. The lowest BCUT2D eigenvalue weighted by molar-refractivity contribution is -0.125. The van der Waals surface area contributed by atoms with Gasteiger partial charge in [-0.2, -0.15) is 0 Å². The number of nitrogens with zero attached hydrogens (tertiary/aromatic N) is 1. The minimum atomic E-state index is -0.00911. The van der Waals surface area contributed by atoms with Crippen molar-refractivity contribution in [2.75, 3.05) is 32.8 Å². The van der Waals surface area contributed by atoms with Crippen LogP contribution in [0.25, 0.3) is 0 Å². The Morgan fingerprint density at radius 3 is 2.66 bits per heavy atom. The van der Waals surface area contributed by atoms with E-state index in [4.69, 9.17) is 4.74 Å². The molecule has 1 heterocycles. The van der Waals surface area contributed by atoms with Crippen molar-refractivity contribution < 1.29 is 9.53 Å². The minimum Gasteiger partial charge on any atom is -0.487 e. The fourth-order valence-corrected chi connectivity index (χ4v) is 4.83. The zero-order valence-electron chi connectivity index (χ0n) is 20.2. The number of hydrogen-bond donors (Lipinski definition) is 1. The van der Waals surface area contributed by atoms with Gasteiger partial charge in [-0.25, -0.2) is 0 Å². The van der Waals surface area contributed by atoms with E-state index in [0.29, 0.717) is 18.3 Å². The highest BCUT2D eigenvalue weighted by Crippen LogP contribution is 2.46. The van der Waals surface area contributed by atoms with Gasteiger partial charge in [-0.1, -0.05) is 51.1 Å². The van der Waals surface area contributed by atoms with Crippen LogP contribution in [0.2, 0.25) is 0 Å². The van der Waals surface area contributed by atoms with Gasteiger partial charge in [0, 0.05) is 37.5 Å². The van der Waals surface area contributed by atoms with Crippen molar-refractivity contribution in [2.24, 2.45) is 17.3 Å². The van der Waals surface area contributed by atoms with E-state index >= 15 is 0 Å². The molecule has 4 nitrogen and oxygen atoms in total. The maximum Gasteiger partial charge on any atom is 0.202 e. The van der Waals surface area contributed by atoms with Gasteiger partial charge >= 0.3 is 0 Å². The SMILES string of the molecule is CCc1cccc(CCC2C(=O)/C(OCC3(C)CC3)=C(N3CCNCC3)\C=C\CC2C)c1. The Bertz CT molecular complexity index is 862. The van der Waals surface area contributed by atoms with Gasteiger partial charge in [0.05, 0.1) is 12.3 Å². The predicted molar refractivity (Wildman–Crippen MR) is 130 cm³/mol. The lowest BCUT2D eigenvalue weighted by Gasteiger charge is -2.34. The quantitative estimate of drug-likeness (QED) is 0.630. The largest absolute Gasteiger partial charge is 0.487 e. The van der Waals surface area contributed by atoms with E-state index in [1.165, 1.54) is 24.0 Å². The molecule has 1 aromatic carbocycles. The average Bonchev–Trinajstić information content (AvgIpc) is 3.55.